The van der Waals surface area contributed by atoms with Crippen LogP contribution in [0.1, 0.15) is 12.8 Å². The van der Waals surface area contributed by atoms with Crippen molar-refractivity contribution in [1.29, 1.82) is 0 Å². The van der Waals surface area contributed by atoms with Crippen LogP contribution in [0.25, 0.3) is 0 Å². The first kappa shape index (κ1) is 11.9. The standard InChI is InChI=1S/C10H22N2O2/c11-3-5-13-6-7-14-9-10-2-1-4-12-8-10/h10,12H,1-9,11H2. The predicted octanol–water partition coefficient (Wildman–Crippen LogP) is -0.0221. The monoisotopic (exact) mass is 202 g/mol. The van der Waals surface area contributed by atoms with Crippen molar-refractivity contribution < 1.29 is 9.47 Å². The van der Waals surface area contributed by atoms with Crippen molar-refractivity contribution in [3.8, 4) is 0 Å². The maximum absolute atomic E-state index is 5.51. The molecule has 1 rings (SSSR count). The molecule has 0 aromatic heterocycles. The Labute approximate surface area is 86.1 Å². The third kappa shape index (κ3) is 5.54. The van der Waals surface area contributed by atoms with Gasteiger partial charge in [0.15, 0.2) is 0 Å². The van der Waals surface area contributed by atoms with E-state index < -0.39 is 0 Å². The molecule has 4 nitrogen and oxygen atoms in total. The molecule has 0 aliphatic carbocycles. The van der Waals surface area contributed by atoms with Gasteiger partial charge < -0.3 is 20.5 Å². The summed E-state index contributed by atoms with van der Waals surface area (Å²) in [6, 6.07) is 0. The second-order valence-corrected chi connectivity index (χ2v) is 3.69. The Kier molecular flexibility index (Phi) is 6.95. The van der Waals surface area contributed by atoms with Crippen LogP contribution >= 0.6 is 0 Å². The highest BCUT2D eigenvalue weighted by molar-refractivity contribution is 4.67. The molecule has 0 spiro atoms. The zero-order valence-corrected chi connectivity index (χ0v) is 8.84. The summed E-state index contributed by atoms with van der Waals surface area (Å²) in [6.45, 7) is 5.70. The summed E-state index contributed by atoms with van der Waals surface area (Å²) in [6.07, 6.45) is 2.56. The largest absolute Gasteiger partial charge is 0.379 e. The van der Waals surface area contributed by atoms with Gasteiger partial charge in [-0.05, 0) is 25.3 Å². The van der Waals surface area contributed by atoms with Crippen LogP contribution in [0, 0.1) is 5.92 Å². The summed E-state index contributed by atoms with van der Waals surface area (Å²) < 4.78 is 10.7. The lowest BCUT2D eigenvalue weighted by molar-refractivity contribution is 0.0321. The number of rotatable bonds is 7. The van der Waals surface area contributed by atoms with Crippen LogP contribution in [0.3, 0.4) is 0 Å². The van der Waals surface area contributed by atoms with Crippen LogP contribution in [0.15, 0.2) is 0 Å². The summed E-state index contributed by atoms with van der Waals surface area (Å²) in [7, 11) is 0. The van der Waals surface area contributed by atoms with Crippen LogP contribution in [0.5, 0.6) is 0 Å². The maximum Gasteiger partial charge on any atom is 0.0701 e. The molecule has 0 amide bonds. The molecule has 14 heavy (non-hydrogen) atoms. The van der Waals surface area contributed by atoms with Gasteiger partial charge in [-0.3, -0.25) is 0 Å². The fraction of sp³-hybridized carbons (Fsp3) is 1.00. The average molecular weight is 202 g/mol. The molecule has 1 saturated heterocycles. The Morgan fingerprint density at radius 2 is 2.07 bits per heavy atom. The SMILES string of the molecule is NCCOCCOCC1CCCNC1. The second kappa shape index (κ2) is 8.17. The van der Waals surface area contributed by atoms with E-state index in [0.29, 0.717) is 32.3 Å². The van der Waals surface area contributed by atoms with E-state index in [1.807, 2.05) is 0 Å². The fourth-order valence-corrected chi connectivity index (χ4v) is 1.62. The number of ether oxygens (including phenoxy) is 2. The molecule has 3 N–H and O–H groups in total. The Balaban J connectivity index is 1.82. The van der Waals surface area contributed by atoms with Crippen molar-refractivity contribution in [3.63, 3.8) is 0 Å². The molecule has 0 saturated carbocycles. The van der Waals surface area contributed by atoms with Gasteiger partial charge in [0, 0.05) is 13.1 Å². The Morgan fingerprint density at radius 1 is 1.21 bits per heavy atom. The Bertz CT molecular complexity index is 127. The lowest BCUT2D eigenvalue weighted by Gasteiger charge is -2.22. The zero-order valence-electron chi connectivity index (χ0n) is 8.84. The van der Waals surface area contributed by atoms with E-state index in [9.17, 15) is 0 Å². The van der Waals surface area contributed by atoms with E-state index in [1.54, 1.807) is 0 Å². The third-order valence-corrected chi connectivity index (χ3v) is 2.39. The van der Waals surface area contributed by atoms with Gasteiger partial charge in [0.2, 0.25) is 0 Å². The first-order valence-electron chi connectivity index (χ1n) is 5.49. The lowest BCUT2D eigenvalue weighted by atomic mass is 10.0. The van der Waals surface area contributed by atoms with Crippen molar-refractivity contribution in [2.24, 2.45) is 11.7 Å². The van der Waals surface area contributed by atoms with E-state index in [0.717, 1.165) is 19.7 Å². The molecule has 1 unspecified atom stereocenters. The van der Waals surface area contributed by atoms with E-state index >= 15 is 0 Å². The van der Waals surface area contributed by atoms with Gasteiger partial charge in [0.25, 0.3) is 0 Å². The van der Waals surface area contributed by atoms with Crippen LogP contribution in [-0.4, -0.2) is 46.1 Å². The zero-order chi connectivity index (χ0) is 10.1. The van der Waals surface area contributed by atoms with E-state index in [2.05, 4.69) is 5.32 Å². The van der Waals surface area contributed by atoms with Crippen molar-refractivity contribution in [3.05, 3.63) is 0 Å². The molecule has 1 fully saturated rings. The van der Waals surface area contributed by atoms with Crippen molar-refractivity contribution in [2.45, 2.75) is 12.8 Å². The van der Waals surface area contributed by atoms with Gasteiger partial charge in [-0.1, -0.05) is 0 Å². The van der Waals surface area contributed by atoms with Crippen molar-refractivity contribution >= 4 is 0 Å². The first-order chi connectivity index (χ1) is 6.93. The van der Waals surface area contributed by atoms with E-state index in [4.69, 9.17) is 15.2 Å². The average Bonchev–Trinajstić information content (AvgIpc) is 2.25. The highest BCUT2D eigenvalue weighted by Gasteiger charge is 2.12. The van der Waals surface area contributed by atoms with Gasteiger partial charge in [-0.15, -0.1) is 0 Å². The molecule has 0 bridgehead atoms. The molecule has 0 aromatic rings. The second-order valence-electron chi connectivity index (χ2n) is 3.69. The summed E-state index contributed by atoms with van der Waals surface area (Å²) >= 11 is 0. The number of piperidine rings is 1. The lowest BCUT2D eigenvalue weighted by Crippen LogP contribution is -2.32. The minimum absolute atomic E-state index is 0.590. The highest BCUT2D eigenvalue weighted by Crippen LogP contribution is 2.09. The summed E-state index contributed by atoms with van der Waals surface area (Å²) in [4.78, 5) is 0. The Hall–Kier alpha value is -0.160. The number of hydrogen-bond acceptors (Lipinski definition) is 4. The summed E-state index contributed by atoms with van der Waals surface area (Å²) in [5.41, 5.74) is 5.29. The van der Waals surface area contributed by atoms with Crippen LogP contribution in [-0.2, 0) is 9.47 Å². The molecule has 0 aromatic carbocycles. The maximum atomic E-state index is 5.51. The summed E-state index contributed by atoms with van der Waals surface area (Å²) in [5, 5.41) is 3.37. The van der Waals surface area contributed by atoms with E-state index in [-0.39, 0.29) is 0 Å². The molecular weight excluding hydrogens is 180 g/mol. The summed E-state index contributed by atoms with van der Waals surface area (Å²) in [5.74, 6) is 0.693. The molecule has 4 heteroatoms. The Morgan fingerprint density at radius 3 is 2.79 bits per heavy atom. The minimum Gasteiger partial charge on any atom is -0.379 e. The van der Waals surface area contributed by atoms with Gasteiger partial charge in [-0.25, -0.2) is 0 Å². The number of hydrogen-bond donors (Lipinski definition) is 2. The molecule has 1 aliphatic heterocycles. The van der Waals surface area contributed by atoms with Gasteiger partial charge in [0.05, 0.1) is 26.4 Å². The van der Waals surface area contributed by atoms with Gasteiger partial charge in [0.1, 0.15) is 0 Å². The predicted molar refractivity (Wildman–Crippen MR) is 56.3 cm³/mol. The van der Waals surface area contributed by atoms with Crippen LogP contribution in [0.2, 0.25) is 0 Å². The number of nitrogens with one attached hydrogen (secondary N) is 1. The highest BCUT2D eigenvalue weighted by atomic mass is 16.5. The third-order valence-electron chi connectivity index (χ3n) is 2.39. The van der Waals surface area contributed by atoms with Crippen molar-refractivity contribution in [2.75, 3.05) is 46.1 Å². The molecule has 84 valence electrons. The quantitative estimate of drug-likeness (QED) is 0.570. The first-order valence-corrected chi connectivity index (χ1v) is 5.49. The molecule has 1 aliphatic rings. The van der Waals surface area contributed by atoms with Crippen LogP contribution in [0.4, 0.5) is 0 Å². The normalized spacial score (nSPS) is 22.5. The smallest absolute Gasteiger partial charge is 0.0701 e. The van der Waals surface area contributed by atoms with Crippen molar-refractivity contribution in [1.82, 2.24) is 5.32 Å². The molecule has 0 radical (unpaired) electrons. The van der Waals surface area contributed by atoms with E-state index in [1.165, 1.54) is 12.8 Å². The minimum atomic E-state index is 0.590. The fourth-order valence-electron chi connectivity index (χ4n) is 1.62. The molecule has 1 atom stereocenters. The number of nitrogens with two attached hydrogens (primary N) is 1. The van der Waals surface area contributed by atoms with Crippen LogP contribution < -0.4 is 11.1 Å². The van der Waals surface area contributed by atoms with Gasteiger partial charge >= 0.3 is 0 Å². The molecule has 1 heterocycles. The molecular formula is C10H22N2O2. The topological polar surface area (TPSA) is 56.5 Å². The van der Waals surface area contributed by atoms with Gasteiger partial charge in [-0.2, -0.15) is 0 Å².